The maximum atomic E-state index is 12.1. The van der Waals surface area contributed by atoms with E-state index in [1.165, 1.54) is 0 Å². The van der Waals surface area contributed by atoms with E-state index in [9.17, 15) is 4.79 Å². The molecule has 0 aromatic heterocycles. The zero-order valence-corrected chi connectivity index (χ0v) is 15.1. The van der Waals surface area contributed by atoms with E-state index in [1.54, 1.807) is 4.90 Å². The van der Waals surface area contributed by atoms with Crippen molar-refractivity contribution in [2.24, 2.45) is 0 Å². The Hall–Kier alpha value is -1.23. The van der Waals surface area contributed by atoms with E-state index >= 15 is 0 Å². The Morgan fingerprint density at radius 2 is 1.86 bits per heavy atom. The fraction of sp³-hybridized carbons (Fsp3) is 0.588. The van der Waals surface area contributed by atoms with Gasteiger partial charge in [0.1, 0.15) is 17.5 Å². The summed E-state index contributed by atoms with van der Waals surface area (Å²) in [6.07, 6.45) is 2.64. The third kappa shape index (κ3) is 5.52. The second-order valence-corrected chi connectivity index (χ2v) is 7.51. The van der Waals surface area contributed by atoms with E-state index in [0.717, 1.165) is 36.0 Å². The van der Waals surface area contributed by atoms with Gasteiger partial charge in [0.05, 0.1) is 0 Å². The van der Waals surface area contributed by atoms with E-state index in [-0.39, 0.29) is 12.2 Å². The second kappa shape index (κ2) is 7.36. The van der Waals surface area contributed by atoms with Gasteiger partial charge in [-0.1, -0.05) is 15.9 Å². The first-order chi connectivity index (χ1) is 10.3. The summed E-state index contributed by atoms with van der Waals surface area (Å²) in [6.45, 7) is 7.08. The first kappa shape index (κ1) is 17.1. The minimum atomic E-state index is -0.448. The average molecular weight is 370 g/mol. The van der Waals surface area contributed by atoms with Crippen LogP contribution in [0.1, 0.15) is 40.0 Å². The van der Waals surface area contributed by atoms with Crippen LogP contribution in [-0.4, -0.2) is 35.8 Å². The van der Waals surface area contributed by atoms with E-state index < -0.39 is 5.60 Å². The van der Waals surface area contributed by atoms with Crippen molar-refractivity contribution in [3.8, 4) is 5.75 Å². The summed E-state index contributed by atoms with van der Waals surface area (Å²) >= 11 is 3.42. The largest absolute Gasteiger partial charge is 0.490 e. The Labute approximate surface area is 140 Å². The standard InChI is InChI=1S/C17H24BrNO3/c1-17(2,3)22-16(20)19-11-4-5-14(10-12-19)21-15-8-6-13(18)7-9-15/h6-9,14H,4-5,10-12H2,1-3H3/t14-/m1/s1. The van der Waals surface area contributed by atoms with Gasteiger partial charge in [0.2, 0.25) is 0 Å². The fourth-order valence-corrected chi connectivity index (χ4v) is 2.66. The highest BCUT2D eigenvalue weighted by Gasteiger charge is 2.25. The molecule has 0 aliphatic carbocycles. The number of carbonyl (C=O) groups excluding carboxylic acids is 1. The lowest BCUT2D eigenvalue weighted by atomic mass is 10.1. The summed E-state index contributed by atoms with van der Waals surface area (Å²) in [7, 11) is 0. The van der Waals surface area contributed by atoms with Crippen LogP contribution < -0.4 is 4.74 Å². The molecule has 0 bridgehead atoms. The lowest BCUT2D eigenvalue weighted by molar-refractivity contribution is 0.0252. The molecule has 1 amide bonds. The van der Waals surface area contributed by atoms with Crippen molar-refractivity contribution in [3.05, 3.63) is 28.7 Å². The lowest BCUT2D eigenvalue weighted by Crippen LogP contribution is -2.37. The molecule has 1 atom stereocenters. The van der Waals surface area contributed by atoms with Crippen molar-refractivity contribution in [1.29, 1.82) is 0 Å². The zero-order chi connectivity index (χ0) is 16.2. The number of likely N-dealkylation sites (tertiary alicyclic amines) is 1. The van der Waals surface area contributed by atoms with E-state index in [2.05, 4.69) is 15.9 Å². The maximum Gasteiger partial charge on any atom is 0.410 e. The number of benzene rings is 1. The van der Waals surface area contributed by atoms with Crippen molar-refractivity contribution in [1.82, 2.24) is 4.90 Å². The Morgan fingerprint density at radius 1 is 1.18 bits per heavy atom. The minimum Gasteiger partial charge on any atom is -0.490 e. The van der Waals surface area contributed by atoms with Crippen molar-refractivity contribution in [3.63, 3.8) is 0 Å². The van der Waals surface area contributed by atoms with Crippen LogP contribution in [0, 0.1) is 0 Å². The summed E-state index contributed by atoms with van der Waals surface area (Å²) in [5.41, 5.74) is -0.448. The molecule has 0 unspecified atom stereocenters. The molecule has 1 aliphatic heterocycles. The van der Waals surface area contributed by atoms with Crippen LogP contribution in [0.4, 0.5) is 4.79 Å². The van der Waals surface area contributed by atoms with Gasteiger partial charge in [-0.3, -0.25) is 0 Å². The topological polar surface area (TPSA) is 38.8 Å². The number of halogens is 1. The van der Waals surface area contributed by atoms with Gasteiger partial charge in [0.15, 0.2) is 0 Å². The number of amides is 1. The molecule has 1 aliphatic rings. The second-order valence-electron chi connectivity index (χ2n) is 6.59. The van der Waals surface area contributed by atoms with Gasteiger partial charge in [-0.05, 0) is 57.9 Å². The molecule has 2 rings (SSSR count). The molecule has 0 spiro atoms. The normalized spacial score (nSPS) is 19.5. The molecular formula is C17H24BrNO3. The summed E-state index contributed by atoms with van der Waals surface area (Å²) in [5, 5.41) is 0. The summed E-state index contributed by atoms with van der Waals surface area (Å²) in [6, 6.07) is 7.86. The predicted molar refractivity (Wildman–Crippen MR) is 90.2 cm³/mol. The SMILES string of the molecule is CC(C)(C)OC(=O)N1CCC[C@@H](Oc2ccc(Br)cc2)CC1. The van der Waals surface area contributed by atoms with Crippen molar-refractivity contribution in [2.75, 3.05) is 13.1 Å². The molecule has 0 N–H and O–H groups in total. The molecule has 5 heteroatoms. The van der Waals surface area contributed by atoms with E-state index in [1.807, 2.05) is 45.0 Å². The molecule has 1 aromatic rings. The fourth-order valence-electron chi connectivity index (χ4n) is 2.40. The van der Waals surface area contributed by atoms with Crippen molar-refractivity contribution >= 4 is 22.0 Å². The molecule has 1 aromatic carbocycles. The molecule has 1 fully saturated rings. The molecule has 122 valence electrons. The van der Waals surface area contributed by atoms with Gasteiger partial charge >= 0.3 is 6.09 Å². The van der Waals surface area contributed by atoms with Gasteiger partial charge in [0, 0.05) is 24.0 Å². The highest BCUT2D eigenvalue weighted by Crippen LogP contribution is 2.22. The molecule has 0 radical (unpaired) electrons. The molecule has 1 saturated heterocycles. The number of carbonyl (C=O) groups is 1. The van der Waals surface area contributed by atoms with E-state index in [0.29, 0.717) is 6.54 Å². The monoisotopic (exact) mass is 369 g/mol. The Bertz CT molecular complexity index is 496. The van der Waals surface area contributed by atoms with Crippen molar-refractivity contribution < 1.29 is 14.3 Å². The average Bonchev–Trinajstić information content (AvgIpc) is 2.65. The van der Waals surface area contributed by atoms with Crippen molar-refractivity contribution in [2.45, 2.75) is 51.7 Å². The van der Waals surface area contributed by atoms with Gasteiger partial charge in [0.25, 0.3) is 0 Å². The van der Waals surface area contributed by atoms with E-state index in [4.69, 9.17) is 9.47 Å². The first-order valence-corrected chi connectivity index (χ1v) is 8.53. The Balaban J connectivity index is 1.87. The maximum absolute atomic E-state index is 12.1. The first-order valence-electron chi connectivity index (χ1n) is 7.74. The number of hydrogen-bond acceptors (Lipinski definition) is 3. The third-order valence-corrected chi connectivity index (χ3v) is 3.97. The lowest BCUT2D eigenvalue weighted by Gasteiger charge is -2.26. The number of nitrogens with zero attached hydrogens (tertiary/aromatic N) is 1. The van der Waals surface area contributed by atoms with Crippen LogP contribution in [0.25, 0.3) is 0 Å². The summed E-state index contributed by atoms with van der Waals surface area (Å²) in [5.74, 6) is 0.874. The van der Waals surface area contributed by atoms with Gasteiger partial charge in [-0.15, -0.1) is 0 Å². The quantitative estimate of drug-likeness (QED) is 0.763. The van der Waals surface area contributed by atoms with Gasteiger partial charge in [-0.25, -0.2) is 4.79 Å². The zero-order valence-electron chi connectivity index (χ0n) is 13.5. The molecular weight excluding hydrogens is 346 g/mol. The number of rotatable bonds is 2. The molecule has 1 heterocycles. The van der Waals surface area contributed by atoms with Crippen LogP contribution in [0.3, 0.4) is 0 Å². The number of ether oxygens (including phenoxy) is 2. The molecule has 0 saturated carbocycles. The summed E-state index contributed by atoms with van der Waals surface area (Å²) in [4.78, 5) is 13.9. The van der Waals surface area contributed by atoms with Gasteiger partial charge in [-0.2, -0.15) is 0 Å². The van der Waals surface area contributed by atoms with Crippen LogP contribution in [-0.2, 0) is 4.74 Å². The van der Waals surface area contributed by atoms with Crippen LogP contribution in [0.2, 0.25) is 0 Å². The highest BCUT2D eigenvalue weighted by molar-refractivity contribution is 9.10. The minimum absolute atomic E-state index is 0.147. The smallest absolute Gasteiger partial charge is 0.410 e. The van der Waals surface area contributed by atoms with Crippen LogP contribution in [0.15, 0.2) is 28.7 Å². The van der Waals surface area contributed by atoms with Crippen LogP contribution >= 0.6 is 15.9 Å². The highest BCUT2D eigenvalue weighted by atomic mass is 79.9. The molecule has 4 nitrogen and oxygen atoms in total. The molecule has 22 heavy (non-hydrogen) atoms. The third-order valence-electron chi connectivity index (χ3n) is 3.44. The van der Waals surface area contributed by atoms with Crippen LogP contribution in [0.5, 0.6) is 5.75 Å². The summed E-state index contributed by atoms with van der Waals surface area (Å²) < 4.78 is 12.5. The van der Waals surface area contributed by atoms with Gasteiger partial charge < -0.3 is 14.4 Å². The predicted octanol–water partition coefficient (Wildman–Crippen LogP) is 4.62. The Kier molecular flexibility index (Phi) is 5.73. The Morgan fingerprint density at radius 3 is 2.50 bits per heavy atom. The number of hydrogen-bond donors (Lipinski definition) is 0.